The van der Waals surface area contributed by atoms with Gasteiger partial charge in [-0.3, -0.25) is 0 Å². The van der Waals surface area contributed by atoms with Crippen LogP contribution in [0.5, 0.6) is 0 Å². The van der Waals surface area contributed by atoms with Gasteiger partial charge in [0.05, 0.1) is 11.0 Å². The lowest BCUT2D eigenvalue weighted by molar-refractivity contribution is 1.30. The number of benzene rings is 5. The summed E-state index contributed by atoms with van der Waals surface area (Å²) in [7, 11) is 0. The number of thiophene rings is 2. The van der Waals surface area contributed by atoms with Gasteiger partial charge in [-0.15, -0.1) is 22.7 Å². The van der Waals surface area contributed by atoms with Crippen LogP contribution in [0.15, 0.2) is 103 Å². The molecule has 0 amide bonds. The zero-order valence-corrected chi connectivity index (χ0v) is 20.2. The maximum Gasteiger partial charge on any atom is 0.0614 e. The van der Waals surface area contributed by atoms with Crippen molar-refractivity contribution in [2.24, 2.45) is 0 Å². The van der Waals surface area contributed by atoms with Crippen LogP contribution in [0.2, 0.25) is 0 Å². The second-order valence-corrected chi connectivity index (χ2v) is 11.6. The molecule has 9 aromatic rings. The highest BCUT2D eigenvalue weighted by Crippen LogP contribution is 2.44. The molecule has 0 radical (unpaired) electrons. The summed E-state index contributed by atoms with van der Waals surface area (Å²) in [6.07, 6.45) is 2.32. The van der Waals surface area contributed by atoms with Crippen LogP contribution in [0, 0.1) is 0 Å². The largest absolute Gasteiger partial charge is 0.315 e. The number of hydrogen-bond acceptors (Lipinski definition) is 2. The summed E-state index contributed by atoms with van der Waals surface area (Å²) in [4.78, 5) is 0. The van der Waals surface area contributed by atoms with Crippen molar-refractivity contribution >= 4 is 101 Å². The van der Waals surface area contributed by atoms with E-state index in [1.807, 2.05) is 22.7 Å². The van der Waals surface area contributed by atoms with Crippen LogP contribution < -0.4 is 0 Å². The van der Waals surface area contributed by atoms with Gasteiger partial charge < -0.3 is 4.40 Å². The van der Waals surface area contributed by atoms with Gasteiger partial charge in [0, 0.05) is 68.1 Å². The van der Waals surface area contributed by atoms with Crippen LogP contribution in [0.1, 0.15) is 0 Å². The summed E-state index contributed by atoms with van der Waals surface area (Å²) in [6, 6.07) is 36.1. The fourth-order valence-electron chi connectivity index (χ4n) is 5.99. The number of nitrogens with zero attached hydrogens (tertiary/aromatic N) is 1. The molecule has 0 N–H and O–H groups in total. The fourth-order valence-corrected chi connectivity index (χ4v) is 8.24. The van der Waals surface area contributed by atoms with Gasteiger partial charge >= 0.3 is 0 Å². The predicted octanol–water partition coefficient (Wildman–Crippen LogP) is 10.1. The molecule has 162 valence electrons. The fraction of sp³-hybridized carbons (Fsp3) is 0. The van der Waals surface area contributed by atoms with E-state index >= 15 is 0 Å². The third-order valence-electron chi connectivity index (χ3n) is 7.54. The molecule has 0 aliphatic heterocycles. The quantitative estimate of drug-likeness (QED) is 0.191. The molecular formula is C32H17NS2. The third-order valence-corrected chi connectivity index (χ3v) is 9.81. The van der Waals surface area contributed by atoms with Gasteiger partial charge in [0.2, 0.25) is 0 Å². The number of pyridine rings is 1. The predicted molar refractivity (Wildman–Crippen MR) is 156 cm³/mol. The number of rotatable bonds is 0. The van der Waals surface area contributed by atoms with Crippen molar-refractivity contribution in [1.82, 2.24) is 4.40 Å². The first-order valence-electron chi connectivity index (χ1n) is 11.9. The molecule has 0 aliphatic carbocycles. The number of aromatic nitrogens is 1. The standard InChI is InChI=1S/C32H17NS2/c1-2-8-19-18(7-1)17-33-27-14-25-21-10-4-6-12-29(21)34-30(25)15-23(27)22-13-24-20-9-3-5-11-28(20)35-31(24)16-26(22)32(19)33/h1-17H. The summed E-state index contributed by atoms with van der Waals surface area (Å²) < 4.78 is 7.85. The van der Waals surface area contributed by atoms with Gasteiger partial charge in [-0.25, -0.2) is 0 Å². The molecule has 0 bridgehead atoms. The van der Waals surface area contributed by atoms with E-state index in [1.165, 1.54) is 78.3 Å². The van der Waals surface area contributed by atoms with Crippen molar-refractivity contribution in [1.29, 1.82) is 0 Å². The molecule has 4 aromatic heterocycles. The van der Waals surface area contributed by atoms with Crippen molar-refractivity contribution < 1.29 is 0 Å². The Labute approximate surface area is 208 Å². The Bertz CT molecular complexity index is 2330. The zero-order valence-electron chi connectivity index (χ0n) is 18.6. The highest BCUT2D eigenvalue weighted by atomic mass is 32.1. The minimum absolute atomic E-state index is 1.28. The SMILES string of the molecule is c1ccc2c(c1)cn1c3cc4c(cc3c3cc5c(cc3c21)sc1ccccc15)sc1ccccc14. The Balaban J connectivity index is 1.60. The summed E-state index contributed by atoms with van der Waals surface area (Å²) >= 11 is 3.79. The lowest BCUT2D eigenvalue weighted by Crippen LogP contribution is -1.90. The normalized spacial score (nSPS) is 12.6. The molecule has 0 spiro atoms. The second kappa shape index (κ2) is 6.39. The lowest BCUT2D eigenvalue weighted by atomic mass is 9.99. The molecule has 0 saturated carbocycles. The Morgan fingerprint density at radius 1 is 0.429 bits per heavy atom. The van der Waals surface area contributed by atoms with E-state index in [2.05, 4.69) is 108 Å². The summed E-state index contributed by atoms with van der Waals surface area (Å²) in [5.41, 5.74) is 2.58. The lowest BCUT2D eigenvalue weighted by Gasteiger charge is -2.11. The van der Waals surface area contributed by atoms with Crippen LogP contribution in [-0.2, 0) is 0 Å². The van der Waals surface area contributed by atoms with Gasteiger partial charge in [0.1, 0.15) is 0 Å². The molecule has 0 saturated heterocycles. The average molecular weight is 480 g/mol. The topological polar surface area (TPSA) is 4.41 Å². The van der Waals surface area contributed by atoms with Crippen LogP contribution in [0.25, 0.3) is 78.3 Å². The van der Waals surface area contributed by atoms with Gasteiger partial charge in [-0.2, -0.15) is 0 Å². The molecule has 9 rings (SSSR count). The number of hydrogen-bond donors (Lipinski definition) is 0. The van der Waals surface area contributed by atoms with Crippen molar-refractivity contribution in [3.05, 3.63) is 103 Å². The van der Waals surface area contributed by atoms with Crippen LogP contribution in [-0.4, -0.2) is 4.40 Å². The monoisotopic (exact) mass is 479 g/mol. The zero-order chi connectivity index (χ0) is 22.7. The molecule has 0 unspecified atom stereocenters. The van der Waals surface area contributed by atoms with Crippen molar-refractivity contribution in [3.63, 3.8) is 0 Å². The van der Waals surface area contributed by atoms with Crippen LogP contribution in [0.4, 0.5) is 0 Å². The van der Waals surface area contributed by atoms with Gasteiger partial charge in [-0.1, -0.05) is 60.7 Å². The van der Waals surface area contributed by atoms with E-state index in [9.17, 15) is 0 Å². The smallest absolute Gasteiger partial charge is 0.0614 e. The van der Waals surface area contributed by atoms with E-state index in [-0.39, 0.29) is 0 Å². The van der Waals surface area contributed by atoms with Gasteiger partial charge in [0.15, 0.2) is 0 Å². The molecule has 1 nitrogen and oxygen atoms in total. The first-order chi connectivity index (χ1) is 17.3. The average Bonchev–Trinajstić information content (AvgIpc) is 3.57. The van der Waals surface area contributed by atoms with Crippen molar-refractivity contribution in [2.45, 2.75) is 0 Å². The highest BCUT2D eigenvalue weighted by Gasteiger charge is 2.17. The van der Waals surface area contributed by atoms with Crippen molar-refractivity contribution in [3.8, 4) is 0 Å². The van der Waals surface area contributed by atoms with Gasteiger partial charge in [-0.05, 0) is 41.8 Å². The Hall–Kier alpha value is -3.92. The minimum Gasteiger partial charge on any atom is -0.315 e. The maximum atomic E-state index is 2.45. The molecule has 4 heterocycles. The summed E-state index contributed by atoms with van der Waals surface area (Å²) in [5, 5.41) is 12.0. The molecule has 0 atom stereocenters. The molecule has 0 fully saturated rings. The first-order valence-corrected chi connectivity index (χ1v) is 13.5. The molecule has 5 aromatic carbocycles. The Morgan fingerprint density at radius 3 is 1.77 bits per heavy atom. The summed E-state index contributed by atoms with van der Waals surface area (Å²) in [5.74, 6) is 0. The van der Waals surface area contributed by atoms with E-state index in [0.29, 0.717) is 0 Å². The second-order valence-electron chi connectivity index (χ2n) is 9.39. The molecule has 0 aliphatic rings. The van der Waals surface area contributed by atoms with Crippen molar-refractivity contribution in [2.75, 3.05) is 0 Å². The first kappa shape index (κ1) is 18.4. The minimum atomic E-state index is 1.28. The molecule has 3 heteroatoms. The van der Waals surface area contributed by atoms with E-state index < -0.39 is 0 Å². The number of fused-ring (bicyclic) bond motifs is 14. The molecule has 35 heavy (non-hydrogen) atoms. The summed E-state index contributed by atoms with van der Waals surface area (Å²) in [6.45, 7) is 0. The third kappa shape index (κ3) is 2.32. The highest BCUT2D eigenvalue weighted by molar-refractivity contribution is 7.26. The van der Waals surface area contributed by atoms with E-state index in [0.717, 1.165) is 0 Å². The van der Waals surface area contributed by atoms with E-state index in [1.54, 1.807) is 0 Å². The Morgan fingerprint density at radius 2 is 1.03 bits per heavy atom. The van der Waals surface area contributed by atoms with E-state index in [4.69, 9.17) is 0 Å². The van der Waals surface area contributed by atoms with Crippen LogP contribution >= 0.6 is 22.7 Å². The maximum absolute atomic E-state index is 2.45. The van der Waals surface area contributed by atoms with Crippen LogP contribution in [0.3, 0.4) is 0 Å². The van der Waals surface area contributed by atoms with Gasteiger partial charge in [0.25, 0.3) is 0 Å². The molecular weight excluding hydrogens is 462 g/mol. The Kier molecular flexibility index (Phi) is 3.36.